The van der Waals surface area contributed by atoms with Crippen molar-refractivity contribution in [2.24, 2.45) is 22.1 Å². The van der Waals surface area contributed by atoms with Crippen LogP contribution in [0.1, 0.15) is 88.2 Å². The monoisotopic (exact) mass is 764 g/mol. The third-order valence-corrected chi connectivity index (χ3v) is 10.7. The van der Waals surface area contributed by atoms with Crippen molar-refractivity contribution in [2.45, 2.75) is 92.2 Å². The first-order valence-electron chi connectivity index (χ1n) is 18.6. The van der Waals surface area contributed by atoms with Crippen molar-refractivity contribution in [3.05, 3.63) is 110 Å². The van der Waals surface area contributed by atoms with Crippen LogP contribution in [-0.2, 0) is 24.3 Å². The fraction of sp³-hybridized carbons (Fsp3) is 0.405. The minimum absolute atomic E-state index is 0.0447. The average Bonchev–Trinajstić information content (AvgIpc) is 3.26. The van der Waals surface area contributed by atoms with E-state index in [0.29, 0.717) is 30.4 Å². The number of amides is 1. The van der Waals surface area contributed by atoms with Crippen LogP contribution in [-0.4, -0.2) is 26.6 Å². The molecule has 1 fully saturated rings. The highest BCUT2D eigenvalue weighted by Gasteiger charge is 2.23. The lowest BCUT2D eigenvalue weighted by atomic mass is 9.99. The Labute approximate surface area is 314 Å². The van der Waals surface area contributed by atoms with E-state index in [4.69, 9.17) is 9.72 Å². The van der Waals surface area contributed by atoms with Gasteiger partial charge in [-0.15, -0.1) is 0 Å². The number of anilines is 1. The molecule has 0 spiro atoms. The minimum atomic E-state index is -0.212. The molecule has 0 radical (unpaired) electrons. The summed E-state index contributed by atoms with van der Waals surface area (Å²) in [5.41, 5.74) is 6.42. The van der Waals surface area contributed by atoms with Gasteiger partial charge in [-0.1, -0.05) is 63.8 Å². The maximum Gasteiger partial charge on any atom is 0.274 e. The number of ether oxygens (including phenoxy) is 1. The Kier molecular flexibility index (Phi) is 12.4. The van der Waals surface area contributed by atoms with Gasteiger partial charge in [-0.05, 0) is 114 Å². The minimum Gasteiger partial charge on any atom is -0.494 e. The summed E-state index contributed by atoms with van der Waals surface area (Å²) >= 11 is 3.60. The molecule has 272 valence electrons. The van der Waals surface area contributed by atoms with E-state index < -0.39 is 0 Å². The molecule has 1 N–H and O–H groups in total. The number of fused-ring (bicyclic) bond motifs is 1. The summed E-state index contributed by atoms with van der Waals surface area (Å²) in [5, 5.41) is 12.0. The molecular formula is C42H49BrN6O3. The Morgan fingerprint density at radius 2 is 1.63 bits per heavy atom. The van der Waals surface area contributed by atoms with E-state index >= 15 is 0 Å². The molecule has 1 aliphatic carbocycles. The normalized spacial score (nSPS) is 14.0. The van der Waals surface area contributed by atoms with Crippen molar-refractivity contribution in [2.75, 3.05) is 11.9 Å². The van der Waals surface area contributed by atoms with Gasteiger partial charge < -0.3 is 19.2 Å². The molecule has 1 amide bonds. The zero-order valence-corrected chi connectivity index (χ0v) is 32.3. The highest BCUT2D eigenvalue weighted by molar-refractivity contribution is 9.10. The van der Waals surface area contributed by atoms with Crippen molar-refractivity contribution in [3.8, 4) is 5.75 Å². The number of azo groups is 1. The summed E-state index contributed by atoms with van der Waals surface area (Å²) in [6, 6.07) is 22.0. The highest BCUT2D eigenvalue weighted by Crippen LogP contribution is 2.28. The van der Waals surface area contributed by atoms with Crippen molar-refractivity contribution in [3.63, 3.8) is 0 Å². The van der Waals surface area contributed by atoms with E-state index in [0.717, 1.165) is 89.0 Å². The van der Waals surface area contributed by atoms with Crippen LogP contribution in [0, 0.1) is 18.8 Å². The third-order valence-electron chi connectivity index (χ3n) is 9.86. The summed E-state index contributed by atoms with van der Waals surface area (Å²) in [4.78, 5) is 31.7. The quantitative estimate of drug-likeness (QED) is 0.0952. The van der Waals surface area contributed by atoms with E-state index in [9.17, 15) is 9.59 Å². The smallest absolute Gasteiger partial charge is 0.274 e. The van der Waals surface area contributed by atoms with Gasteiger partial charge in [0.1, 0.15) is 17.3 Å². The van der Waals surface area contributed by atoms with Crippen LogP contribution in [0.2, 0.25) is 0 Å². The molecule has 0 aliphatic heterocycles. The summed E-state index contributed by atoms with van der Waals surface area (Å²) in [6.45, 7) is 10.2. The Morgan fingerprint density at radius 3 is 2.33 bits per heavy atom. The van der Waals surface area contributed by atoms with Crippen LogP contribution >= 0.6 is 15.9 Å². The zero-order chi connectivity index (χ0) is 36.6. The molecule has 0 atom stereocenters. The number of benzene rings is 3. The SMILES string of the molecule is CCOc1ccc(Cc2nc3cc(N=Nc4ccc(Cn5cc(Br)c(C)c(NC(=O)C6CCCCCC6)c5=O)cc4)ccc3n2CCC(C)C)cc1. The molecule has 2 heterocycles. The summed E-state index contributed by atoms with van der Waals surface area (Å²) < 4.78 is 10.4. The van der Waals surface area contributed by atoms with Gasteiger partial charge in [0.15, 0.2) is 0 Å². The fourth-order valence-corrected chi connectivity index (χ4v) is 7.23. The molecule has 0 bridgehead atoms. The number of rotatable bonds is 13. The van der Waals surface area contributed by atoms with Crippen molar-refractivity contribution >= 4 is 49.9 Å². The first-order chi connectivity index (χ1) is 25.2. The lowest BCUT2D eigenvalue weighted by Crippen LogP contribution is -2.30. The summed E-state index contributed by atoms with van der Waals surface area (Å²) in [7, 11) is 0. The molecule has 0 unspecified atom stereocenters. The number of nitrogens with one attached hydrogen (secondary N) is 1. The van der Waals surface area contributed by atoms with E-state index in [1.54, 1.807) is 10.8 Å². The van der Waals surface area contributed by atoms with E-state index in [-0.39, 0.29) is 17.4 Å². The first-order valence-corrected chi connectivity index (χ1v) is 19.4. The number of nitrogens with zero attached hydrogens (tertiary/aromatic N) is 5. The van der Waals surface area contributed by atoms with Gasteiger partial charge in [0.2, 0.25) is 5.91 Å². The van der Waals surface area contributed by atoms with Crippen LogP contribution in [0.4, 0.5) is 17.1 Å². The molecule has 0 saturated heterocycles. The lowest BCUT2D eigenvalue weighted by molar-refractivity contribution is -0.120. The Morgan fingerprint density at radius 1 is 0.962 bits per heavy atom. The standard InChI is InChI=1S/C42H49BrN6O3/c1-5-52-35-19-14-30(15-20-35)24-39-44-37-25-34(18-21-38(37)49(39)23-22-28(2)3)47-46-33-16-12-31(13-17-33)26-48-27-36(43)29(4)40(42(48)51)45-41(50)32-10-8-6-7-9-11-32/h12-21,25,27-28,32H,5-11,22-24,26H2,1-4H3,(H,45,50). The molecule has 10 heteroatoms. The van der Waals surface area contributed by atoms with Crippen LogP contribution in [0.25, 0.3) is 11.0 Å². The Balaban J connectivity index is 1.16. The van der Waals surface area contributed by atoms with Crippen LogP contribution < -0.4 is 15.6 Å². The number of hydrogen-bond acceptors (Lipinski definition) is 6. The van der Waals surface area contributed by atoms with Crippen molar-refractivity contribution in [1.82, 2.24) is 14.1 Å². The predicted octanol–water partition coefficient (Wildman–Crippen LogP) is 10.7. The first kappa shape index (κ1) is 37.2. The number of aromatic nitrogens is 3. The van der Waals surface area contributed by atoms with E-state index in [2.05, 4.69) is 68.1 Å². The largest absolute Gasteiger partial charge is 0.494 e. The number of pyridine rings is 1. The lowest BCUT2D eigenvalue weighted by Gasteiger charge is -2.17. The number of imidazole rings is 1. The van der Waals surface area contributed by atoms with Gasteiger partial charge in [0.05, 0.1) is 35.6 Å². The number of carbonyl (C=O) groups is 1. The molecule has 3 aromatic carbocycles. The van der Waals surface area contributed by atoms with Gasteiger partial charge in [-0.25, -0.2) is 4.98 Å². The Bertz CT molecular complexity index is 2070. The topological polar surface area (TPSA) is 103 Å². The zero-order valence-electron chi connectivity index (χ0n) is 30.7. The van der Waals surface area contributed by atoms with Gasteiger partial charge >= 0.3 is 0 Å². The maximum absolute atomic E-state index is 13.5. The molecule has 1 saturated carbocycles. The second-order valence-electron chi connectivity index (χ2n) is 14.2. The van der Waals surface area contributed by atoms with E-state index in [1.165, 1.54) is 18.4 Å². The average molecular weight is 766 g/mol. The van der Waals surface area contributed by atoms with Gasteiger partial charge in [-0.2, -0.15) is 10.2 Å². The molecule has 2 aromatic heterocycles. The third kappa shape index (κ3) is 9.26. The molecular weight excluding hydrogens is 716 g/mol. The molecule has 52 heavy (non-hydrogen) atoms. The van der Waals surface area contributed by atoms with E-state index in [1.807, 2.05) is 62.4 Å². The fourth-order valence-electron chi connectivity index (χ4n) is 6.78. The second-order valence-corrected chi connectivity index (χ2v) is 15.1. The number of carbonyl (C=O) groups excluding carboxylic acids is 1. The summed E-state index contributed by atoms with van der Waals surface area (Å²) in [5.74, 6) is 2.38. The van der Waals surface area contributed by atoms with Gasteiger partial charge in [-0.3, -0.25) is 9.59 Å². The second kappa shape index (κ2) is 17.3. The van der Waals surface area contributed by atoms with Gasteiger partial charge in [0, 0.05) is 29.6 Å². The molecule has 9 nitrogen and oxygen atoms in total. The summed E-state index contributed by atoms with van der Waals surface area (Å²) in [6.07, 6.45) is 9.78. The van der Waals surface area contributed by atoms with Crippen LogP contribution in [0.5, 0.6) is 5.75 Å². The number of hydrogen-bond donors (Lipinski definition) is 1. The van der Waals surface area contributed by atoms with Crippen LogP contribution in [0.3, 0.4) is 0 Å². The Hall–Kier alpha value is -4.57. The number of aryl methyl sites for hydroxylation is 1. The van der Waals surface area contributed by atoms with Gasteiger partial charge in [0.25, 0.3) is 5.56 Å². The number of halogens is 1. The predicted molar refractivity (Wildman–Crippen MR) is 212 cm³/mol. The van der Waals surface area contributed by atoms with Crippen molar-refractivity contribution < 1.29 is 9.53 Å². The highest BCUT2D eigenvalue weighted by atomic mass is 79.9. The molecule has 6 rings (SSSR count). The molecule has 5 aromatic rings. The van der Waals surface area contributed by atoms with Crippen molar-refractivity contribution in [1.29, 1.82) is 0 Å². The maximum atomic E-state index is 13.5. The molecule has 1 aliphatic rings. The van der Waals surface area contributed by atoms with Crippen LogP contribution in [0.15, 0.2) is 92.4 Å².